The van der Waals surface area contributed by atoms with E-state index in [1.165, 1.54) is 25.7 Å². The molecule has 2 unspecified atom stereocenters. The second-order valence-electron chi connectivity index (χ2n) is 6.73. The number of carboxylic acid groups (broad SMARTS) is 1. The van der Waals surface area contributed by atoms with Gasteiger partial charge in [-0.05, 0) is 45.4 Å². The van der Waals surface area contributed by atoms with Crippen LogP contribution >= 0.6 is 0 Å². The smallest absolute Gasteiger partial charge is 0.317 e. The molecule has 5 heteroatoms. The second-order valence-corrected chi connectivity index (χ2v) is 6.73. The number of amides is 1. The fraction of sp³-hybridized carbons (Fsp3) is 0.875. The molecule has 5 nitrogen and oxygen atoms in total. The Bertz CT molecular complexity index is 382. The zero-order chi connectivity index (χ0) is 15.4. The average molecular weight is 296 g/mol. The van der Waals surface area contributed by atoms with Gasteiger partial charge in [0.2, 0.25) is 5.91 Å². The summed E-state index contributed by atoms with van der Waals surface area (Å²) in [4.78, 5) is 27.4. The number of nitrogens with zero attached hydrogens (tertiary/aromatic N) is 2. The summed E-state index contributed by atoms with van der Waals surface area (Å²) in [6.45, 7) is 4.89. The maximum atomic E-state index is 12.6. The number of carbonyl (C=O) groups is 2. The number of rotatable bonds is 5. The summed E-state index contributed by atoms with van der Waals surface area (Å²) in [5.74, 6) is -0.0874. The summed E-state index contributed by atoms with van der Waals surface area (Å²) in [5, 5.41) is 8.98. The molecular formula is C16H28N2O3. The molecule has 120 valence electrons. The molecule has 1 saturated carbocycles. The molecule has 0 aromatic heterocycles. The zero-order valence-electron chi connectivity index (χ0n) is 13.3. The normalized spacial score (nSPS) is 26.0. The minimum atomic E-state index is -0.870. The Balaban J connectivity index is 1.98. The van der Waals surface area contributed by atoms with Gasteiger partial charge in [0.05, 0.1) is 13.1 Å². The van der Waals surface area contributed by atoms with E-state index in [0.29, 0.717) is 12.0 Å². The van der Waals surface area contributed by atoms with Crippen molar-refractivity contribution in [2.45, 2.75) is 64.5 Å². The quantitative estimate of drug-likeness (QED) is 0.842. The summed E-state index contributed by atoms with van der Waals surface area (Å²) >= 11 is 0. The molecule has 1 aliphatic carbocycles. The van der Waals surface area contributed by atoms with E-state index >= 15 is 0 Å². The van der Waals surface area contributed by atoms with Crippen LogP contribution in [0.25, 0.3) is 0 Å². The SMILES string of the molecule is CC(C)N(CC(=O)O)CC(=O)N1CCCC2CCCCC21. The Morgan fingerprint density at radius 1 is 1.14 bits per heavy atom. The number of fused-ring (bicyclic) bond motifs is 1. The average Bonchev–Trinajstić information content (AvgIpc) is 2.45. The van der Waals surface area contributed by atoms with Crippen LogP contribution in [-0.4, -0.2) is 58.5 Å². The van der Waals surface area contributed by atoms with E-state index < -0.39 is 5.97 Å². The molecule has 2 rings (SSSR count). The van der Waals surface area contributed by atoms with Crippen LogP contribution in [0.3, 0.4) is 0 Å². The molecule has 0 aromatic rings. The van der Waals surface area contributed by atoms with Gasteiger partial charge in [0.1, 0.15) is 0 Å². The Kier molecular flexibility index (Phi) is 5.62. The molecule has 0 bridgehead atoms. The van der Waals surface area contributed by atoms with Gasteiger partial charge < -0.3 is 10.0 Å². The van der Waals surface area contributed by atoms with Crippen molar-refractivity contribution < 1.29 is 14.7 Å². The first-order chi connectivity index (χ1) is 9.99. The predicted octanol–water partition coefficient (Wildman–Crippen LogP) is 1.96. The van der Waals surface area contributed by atoms with Crippen molar-refractivity contribution in [1.82, 2.24) is 9.80 Å². The fourth-order valence-electron chi connectivity index (χ4n) is 3.79. The Morgan fingerprint density at radius 2 is 1.81 bits per heavy atom. The molecule has 2 aliphatic rings. The monoisotopic (exact) mass is 296 g/mol. The molecule has 2 fully saturated rings. The van der Waals surface area contributed by atoms with E-state index in [1.54, 1.807) is 4.90 Å². The lowest BCUT2D eigenvalue weighted by Gasteiger charge is -2.44. The number of piperidine rings is 1. The molecule has 1 N–H and O–H groups in total. The third kappa shape index (κ3) is 4.19. The summed E-state index contributed by atoms with van der Waals surface area (Å²) in [6, 6.07) is 0.468. The van der Waals surface area contributed by atoms with E-state index in [2.05, 4.69) is 0 Å². The first-order valence-corrected chi connectivity index (χ1v) is 8.24. The van der Waals surface area contributed by atoms with Crippen LogP contribution in [0.15, 0.2) is 0 Å². The van der Waals surface area contributed by atoms with Crippen molar-refractivity contribution in [3.63, 3.8) is 0 Å². The van der Waals surface area contributed by atoms with Crippen LogP contribution in [0.5, 0.6) is 0 Å². The first kappa shape index (κ1) is 16.3. The lowest BCUT2D eigenvalue weighted by Crippen LogP contribution is -2.53. The number of carbonyl (C=O) groups excluding carboxylic acids is 1. The molecule has 21 heavy (non-hydrogen) atoms. The van der Waals surface area contributed by atoms with Crippen molar-refractivity contribution in [3.8, 4) is 0 Å². The molecule has 0 radical (unpaired) electrons. The van der Waals surface area contributed by atoms with Gasteiger partial charge in [0.25, 0.3) is 0 Å². The molecule has 2 atom stereocenters. The van der Waals surface area contributed by atoms with Gasteiger partial charge in [0.15, 0.2) is 0 Å². The highest BCUT2D eigenvalue weighted by molar-refractivity contribution is 5.79. The first-order valence-electron chi connectivity index (χ1n) is 8.24. The molecular weight excluding hydrogens is 268 g/mol. The fourth-order valence-corrected chi connectivity index (χ4v) is 3.79. The van der Waals surface area contributed by atoms with E-state index in [9.17, 15) is 9.59 Å². The third-order valence-electron chi connectivity index (χ3n) is 4.97. The Morgan fingerprint density at radius 3 is 2.48 bits per heavy atom. The summed E-state index contributed by atoms with van der Waals surface area (Å²) in [5.41, 5.74) is 0. The number of likely N-dealkylation sites (tertiary alicyclic amines) is 1. The number of carboxylic acids is 1. The minimum absolute atomic E-state index is 0.0641. The zero-order valence-corrected chi connectivity index (χ0v) is 13.3. The molecule has 0 spiro atoms. The standard InChI is InChI=1S/C16H28N2O3/c1-12(2)17(11-16(20)21)10-15(19)18-9-5-7-13-6-3-4-8-14(13)18/h12-14H,3-11H2,1-2H3,(H,20,21). The van der Waals surface area contributed by atoms with Crippen molar-refractivity contribution in [1.29, 1.82) is 0 Å². The maximum Gasteiger partial charge on any atom is 0.317 e. The lowest BCUT2D eigenvalue weighted by atomic mass is 9.78. The van der Waals surface area contributed by atoms with E-state index in [0.717, 1.165) is 19.4 Å². The summed E-state index contributed by atoms with van der Waals surface area (Å²) in [7, 11) is 0. The topological polar surface area (TPSA) is 60.9 Å². The van der Waals surface area contributed by atoms with Crippen LogP contribution in [-0.2, 0) is 9.59 Å². The maximum absolute atomic E-state index is 12.6. The number of hydrogen-bond acceptors (Lipinski definition) is 3. The molecule has 1 amide bonds. The molecule has 1 heterocycles. The molecule has 0 aromatic carbocycles. The van der Waals surface area contributed by atoms with Crippen LogP contribution < -0.4 is 0 Å². The minimum Gasteiger partial charge on any atom is -0.480 e. The van der Waals surface area contributed by atoms with Crippen LogP contribution in [0.1, 0.15) is 52.4 Å². The van der Waals surface area contributed by atoms with Gasteiger partial charge in [-0.2, -0.15) is 0 Å². The van der Waals surface area contributed by atoms with Gasteiger partial charge in [0, 0.05) is 18.6 Å². The van der Waals surface area contributed by atoms with Gasteiger partial charge in [-0.1, -0.05) is 12.8 Å². The third-order valence-corrected chi connectivity index (χ3v) is 4.97. The van der Waals surface area contributed by atoms with Crippen molar-refractivity contribution in [2.75, 3.05) is 19.6 Å². The van der Waals surface area contributed by atoms with Crippen LogP contribution in [0.4, 0.5) is 0 Å². The molecule has 1 saturated heterocycles. The highest BCUT2D eigenvalue weighted by Crippen LogP contribution is 2.35. The van der Waals surface area contributed by atoms with Gasteiger partial charge in [-0.15, -0.1) is 0 Å². The van der Waals surface area contributed by atoms with Gasteiger partial charge in [-0.25, -0.2) is 0 Å². The lowest BCUT2D eigenvalue weighted by molar-refractivity contribution is -0.142. The van der Waals surface area contributed by atoms with Gasteiger partial charge in [-0.3, -0.25) is 14.5 Å². The Hall–Kier alpha value is -1.10. The predicted molar refractivity (Wildman–Crippen MR) is 81.0 cm³/mol. The summed E-state index contributed by atoms with van der Waals surface area (Å²) in [6.07, 6.45) is 7.22. The van der Waals surface area contributed by atoms with Crippen LogP contribution in [0, 0.1) is 5.92 Å². The Labute approximate surface area is 127 Å². The highest BCUT2D eigenvalue weighted by atomic mass is 16.4. The highest BCUT2D eigenvalue weighted by Gasteiger charge is 2.36. The van der Waals surface area contributed by atoms with E-state index in [-0.39, 0.29) is 25.0 Å². The van der Waals surface area contributed by atoms with E-state index in [1.807, 2.05) is 18.7 Å². The van der Waals surface area contributed by atoms with Crippen molar-refractivity contribution in [3.05, 3.63) is 0 Å². The molecule has 1 aliphatic heterocycles. The van der Waals surface area contributed by atoms with Crippen molar-refractivity contribution in [2.24, 2.45) is 5.92 Å². The van der Waals surface area contributed by atoms with E-state index in [4.69, 9.17) is 5.11 Å². The van der Waals surface area contributed by atoms with Crippen molar-refractivity contribution >= 4 is 11.9 Å². The number of aliphatic carboxylic acids is 1. The number of hydrogen-bond donors (Lipinski definition) is 1. The summed E-state index contributed by atoms with van der Waals surface area (Å²) < 4.78 is 0. The van der Waals surface area contributed by atoms with Gasteiger partial charge >= 0.3 is 5.97 Å². The largest absolute Gasteiger partial charge is 0.480 e. The second kappa shape index (κ2) is 7.25. The van der Waals surface area contributed by atoms with Crippen LogP contribution in [0.2, 0.25) is 0 Å².